The number of rotatable bonds is 2. The highest BCUT2D eigenvalue weighted by Gasteiger charge is 2.37. The standard InChI is InChI=1S/C11H15NO4/c13-8-6-16-11(10(15)9(8)14)12-7-4-2-1-3-5-7/h1-5,8-15H,6H2/t8-,9?,10?,11+/m1/s1. The van der Waals surface area contributed by atoms with Gasteiger partial charge >= 0.3 is 0 Å². The molecule has 1 aromatic rings. The molecule has 0 amide bonds. The Hall–Kier alpha value is -1.14. The Morgan fingerprint density at radius 2 is 1.75 bits per heavy atom. The molecule has 5 nitrogen and oxygen atoms in total. The number of aliphatic hydroxyl groups is 3. The zero-order chi connectivity index (χ0) is 11.5. The van der Waals surface area contributed by atoms with Crippen molar-refractivity contribution in [3.8, 4) is 0 Å². The highest BCUT2D eigenvalue weighted by Crippen LogP contribution is 2.18. The number of hydrogen-bond acceptors (Lipinski definition) is 5. The minimum Gasteiger partial charge on any atom is -0.388 e. The van der Waals surface area contributed by atoms with Gasteiger partial charge in [0.15, 0.2) is 6.23 Å². The van der Waals surface area contributed by atoms with Gasteiger partial charge in [0.2, 0.25) is 0 Å². The molecule has 0 saturated carbocycles. The van der Waals surface area contributed by atoms with E-state index in [2.05, 4.69) is 5.32 Å². The first-order chi connectivity index (χ1) is 7.68. The third-order valence-electron chi connectivity index (χ3n) is 2.58. The predicted molar refractivity (Wildman–Crippen MR) is 57.8 cm³/mol. The first kappa shape index (κ1) is 11.3. The molecule has 0 radical (unpaired) electrons. The van der Waals surface area contributed by atoms with Crippen LogP contribution in [0.3, 0.4) is 0 Å². The van der Waals surface area contributed by atoms with Crippen molar-refractivity contribution < 1.29 is 20.1 Å². The van der Waals surface area contributed by atoms with Gasteiger partial charge in [0.05, 0.1) is 6.61 Å². The predicted octanol–water partition coefficient (Wildman–Crippen LogP) is -0.463. The monoisotopic (exact) mass is 225 g/mol. The van der Waals surface area contributed by atoms with Gasteiger partial charge in [0.25, 0.3) is 0 Å². The Labute approximate surface area is 93.3 Å². The van der Waals surface area contributed by atoms with Crippen molar-refractivity contribution in [1.29, 1.82) is 0 Å². The average molecular weight is 225 g/mol. The van der Waals surface area contributed by atoms with E-state index in [1.165, 1.54) is 0 Å². The number of ether oxygens (including phenoxy) is 1. The average Bonchev–Trinajstić information content (AvgIpc) is 2.31. The van der Waals surface area contributed by atoms with Crippen LogP contribution in [-0.2, 0) is 4.74 Å². The molecule has 1 fully saturated rings. The minimum absolute atomic E-state index is 0.00271. The van der Waals surface area contributed by atoms with Crippen molar-refractivity contribution in [3.05, 3.63) is 30.3 Å². The fourth-order valence-electron chi connectivity index (χ4n) is 1.63. The molecule has 16 heavy (non-hydrogen) atoms. The lowest BCUT2D eigenvalue weighted by Gasteiger charge is -2.35. The van der Waals surface area contributed by atoms with Crippen LogP contribution in [0, 0.1) is 0 Å². The van der Waals surface area contributed by atoms with Crippen LogP contribution in [0.2, 0.25) is 0 Å². The Morgan fingerprint density at radius 1 is 1.06 bits per heavy atom. The van der Waals surface area contributed by atoms with Crippen LogP contribution in [0.5, 0.6) is 0 Å². The maximum Gasteiger partial charge on any atom is 0.156 e. The molecule has 4 N–H and O–H groups in total. The van der Waals surface area contributed by atoms with Crippen LogP contribution in [-0.4, -0.2) is 46.5 Å². The molecule has 0 spiro atoms. The normalized spacial score (nSPS) is 34.7. The zero-order valence-corrected chi connectivity index (χ0v) is 8.65. The van der Waals surface area contributed by atoms with Gasteiger partial charge in [-0.15, -0.1) is 0 Å². The third-order valence-corrected chi connectivity index (χ3v) is 2.58. The van der Waals surface area contributed by atoms with Crippen molar-refractivity contribution in [3.63, 3.8) is 0 Å². The summed E-state index contributed by atoms with van der Waals surface area (Å²) >= 11 is 0. The van der Waals surface area contributed by atoms with Crippen molar-refractivity contribution in [2.75, 3.05) is 11.9 Å². The van der Waals surface area contributed by atoms with Gasteiger partial charge in [0.1, 0.15) is 18.3 Å². The van der Waals surface area contributed by atoms with Crippen LogP contribution in [0.1, 0.15) is 0 Å². The van der Waals surface area contributed by atoms with E-state index in [0.29, 0.717) is 0 Å². The molecule has 2 unspecified atom stereocenters. The second-order valence-corrected chi connectivity index (χ2v) is 3.81. The largest absolute Gasteiger partial charge is 0.388 e. The zero-order valence-electron chi connectivity index (χ0n) is 8.65. The number of hydrogen-bond donors (Lipinski definition) is 4. The molecule has 4 atom stereocenters. The van der Waals surface area contributed by atoms with Gasteiger partial charge in [0, 0.05) is 5.69 Å². The number of para-hydroxylation sites is 1. The lowest BCUT2D eigenvalue weighted by molar-refractivity contribution is -0.178. The van der Waals surface area contributed by atoms with Gasteiger partial charge < -0.3 is 25.4 Å². The van der Waals surface area contributed by atoms with Gasteiger partial charge in [-0.2, -0.15) is 0 Å². The summed E-state index contributed by atoms with van der Waals surface area (Å²) in [6.45, 7) is 0.00271. The molecule has 0 aliphatic carbocycles. The number of anilines is 1. The fraction of sp³-hybridized carbons (Fsp3) is 0.455. The van der Waals surface area contributed by atoms with Gasteiger partial charge in [-0.3, -0.25) is 0 Å². The molecular formula is C11H15NO4. The van der Waals surface area contributed by atoms with E-state index >= 15 is 0 Å². The highest BCUT2D eigenvalue weighted by molar-refractivity contribution is 5.43. The molecule has 2 rings (SSSR count). The molecule has 1 aliphatic heterocycles. The second-order valence-electron chi connectivity index (χ2n) is 3.81. The summed E-state index contributed by atoms with van der Waals surface area (Å²) in [5.74, 6) is 0. The van der Waals surface area contributed by atoms with Gasteiger partial charge in [-0.25, -0.2) is 0 Å². The third kappa shape index (κ3) is 2.33. The van der Waals surface area contributed by atoms with Crippen molar-refractivity contribution >= 4 is 5.69 Å². The summed E-state index contributed by atoms with van der Waals surface area (Å²) in [7, 11) is 0. The van der Waals surface area contributed by atoms with E-state index in [-0.39, 0.29) is 6.61 Å². The van der Waals surface area contributed by atoms with Crippen LogP contribution in [0.25, 0.3) is 0 Å². The summed E-state index contributed by atoms with van der Waals surface area (Å²) < 4.78 is 5.21. The molecule has 0 bridgehead atoms. The SMILES string of the molecule is OC1C(O)[C@@H](Nc2ccccc2)OC[C@H]1O. The maximum atomic E-state index is 9.67. The van der Waals surface area contributed by atoms with Crippen molar-refractivity contribution in [2.45, 2.75) is 24.5 Å². The highest BCUT2D eigenvalue weighted by atomic mass is 16.5. The molecule has 88 valence electrons. The van der Waals surface area contributed by atoms with E-state index in [4.69, 9.17) is 4.74 Å². The van der Waals surface area contributed by atoms with Crippen LogP contribution >= 0.6 is 0 Å². The van der Waals surface area contributed by atoms with E-state index in [1.807, 2.05) is 30.3 Å². The quantitative estimate of drug-likeness (QED) is 0.547. The molecule has 1 heterocycles. The van der Waals surface area contributed by atoms with Crippen molar-refractivity contribution in [2.24, 2.45) is 0 Å². The van der Waals surface area contributed by atoms with Crippen LogP contribution in [0.4, 0.5) is 5.69 Å². The lowest BCUT2D eigenvalue weighted by Crippen LogP contribution is -2.55. The van der Waals surface area contributed by atoms with Crippen molar-refractivity contribution in [1.82, 2.24) is 0 Å². The summed E-state index contributed by atoms with van der Waals surface area (Å²) in [4.78, 5) is 0. The molecular weight excluding hydrogens is 210 g/mol. The molecule has 0 aromatic heterocycles. The first-order valence-electron chi connectivity index (χ1n) is 5.16. The van der Waals surface area contributed by atoms with E-state index in [9.17, 15) is 15.3 Å². The van der Waals surface area contributed by atoms with E-state index < -0.39 is 24.5 Å². The smallest absolute Gasteiger partial charge is 0.156 e. The van der Waals surface area contributed by atoms with Gasteiger partial charge in [-0.1, -0.05) is 18.2 Å². The molecule has 1 aromatic carbocycles. The minimum atomic E-state index is -1.19. The summed E-state index contributed by atoms with van der Waals surface area (Å²) in [6.07, 6.45) is -4.08. The maximum absolute atomic E-state index is 9.67. The fourth-order valence-corrected chi connectivity index (χ4v) is 1.63. The van der Waals surface area contributed by atoms with Crippen LogP contribution in [0.15, 0.2) is 30.3 Å². The Balaban J connectivity index is 2.00. The first-order valence-corrected chi connectivity index (χ1v) is 5.16. The molecule has 1 aliphatic rings. The van der Waals surface area contributed by atoms with Crippen LogP contribution < -0.4 is 5.32 Å². The van der Waals surface area contributed by atoms with Gasteiger partial charge in [-0.05, 0) is 12.1 Å². The molecule has 1 saturated heterocycles. The Morgan fingerprint density at radius 3 is 2.44 bits per heavy atom. The summed E-state index contributed by atoms with van der Waals surface area (Å²) in [5.41, 5.74) is 0.787. The Kier molecular flexibility index (Phi) is 3.40. The Bertz CT molecular complexity index is 332. The number of benzene rings is 1. The topological polar surface area (TPSA) is 82.0 Å². The summed E-state index contributed by atoms with van der Waals surface area (Å²) in [5, 5.41) is 31.4. The number of nitrogens with one attached hydrogen (secondary N) is 1. The van der Waals surface area contributed by atoms with E-state index in [1.54, 1.807) is 0 Å². The summed E-state index contributed by atoms with van der Waals surface area (Å²) in [6, 6.07) is 9.23. The molecule has 5 heteroatoms. The number of aliphatic hydroxyl groups excluding tert-OH is 3. The second kappa shape index (κ2) is 4.80. The lowest BCUT2D eigenvalue weighted by atomic mass is 10.0. The van der Waals surface area contributed by atoms with E-state index in [0.717, 1.165) is 5.69 Å².